The Balaban J connectivity index is 0.00000261. The minimum Gasteiger partial charge on any atom is -0.320 e. The van der Waals surface area contributed by atoms with Crippen LogP contribution in [0.25, 0.3) is 0 Å². The number of anilines is 1. The van der Waals surface area contributed by atoms with E-state index in [1.54, 1.807) is 0 Å². The molecular formula is C22H28ClN2OY+. The van der Waals surface area contributed by atoms with Gasteiger partial charge in [0.2, 0.25) is 0 Å². The number of hydrogen-bond acceptors (Lipinski definition) is 1. The number of rotatable bonds is 5. The maximum absolute atomic E-state index is 12.9. The molecule has 1 aliphatic rings. The van der Waals surface area contributed by atoms with Crippen LogP contribution in [0.5, 0.6) is 0 Å². The molecule has 1 fully saturated rings. The van der Waals surface area contributed by atoms with E-state index in [-0.39, 0.29) is 38.6 Å². The first kappa shape index (κ1) is 22.6. The second-order valence-corrected chi connectivity index (χ2v) is 7.89. The number of nitrogens with one attached hydrogen (secondary N) is 1. The number of quaternary nitrogens is 1. The number of para-hydroxylation sites is 1. The first-order valence-corrected chi connectivity index (χ1v) is 9.90. The number of halogens is 1. The number of likely N-dealkylation sites (tertiary alicyclic amines) is 1. The van der Waals surface area contributed by atoms with E-state index in [0.29, 0.717) is 11.6 Å². The normalized spacial score (nSPS) is 16.1. The maximum atomic E-state index is 12.9. The van der Waals surface area contributed by atoms with Crippen LogP contribution in [0, 0.1) is 6.92 Å². The molecule has 0 spiro atoms. The van der Waals surface area contributed by atoms with Crippen molar-refractivity contribution in [3.8, 4) is 0 Å². The first-order chi connectivity index (χ1) is 12.6. The zero-order valence-electron chi connectivity index (χ0n) is 16.1. The van der Waals surface area contributed by atoms with E-state index in [2.05, 4.69) is 29.6 Å². The predicted octanol–water partition coefficient (Wildman–Crippen LogP) is 5.18. The molecule has 3 nitrogen and oxygen atoms in total. The Kier molecular flexibility index (Phi) is 8.95. The molecule has 141 valence electrons. The van der Waals surface area contributed by atoms with E-state index in [4.69, 9.17) is 11.6 Å². The van der Waals surface area contributed by atoms with E-state index in [0.717, 1.165) is 35.4 Å². The van der Waals surface area contributed by atoms with Crippen LogP contribution in [-0.4, -0.2) is 30.0 Å². The van der Waals surface area contributed by atoms with E-state index in [9.17, 15) is 4.79 Å². The molecule has 3 rings (SSSR count). The van der Waals surface area contributed by atoms with Gasteiger partial charge >= 0.3 is 0 Å². The number of aryl methyl sites for hydroxylation is 1. The number of carbonyl (C=O) groups excluding carboxylic acids is 1. The Labute approximate surface area is 193 Å². The van der Waals surface area contributed by atoms with Crippen molar-refractivity contribution < 1.29 is 42.0 Å². The van der Waals surface area contributed by atoms with Crippen LogP contribution < -0.4 is 5.32 Å². The molecule has 1 N–H and O–H groups in total. The van der Waals surface area contributed by atoms with Gasteiger partial charge in [0.1, 0.15) is 6.54 Å². The first-order valence-electron chi connectivity index (χ1n) is 9.52. The summed E-state index contributed by atoms with van der Waals surface area (Å²) < 4.78 is 0.833. The third-order valence-corrected chi connectivity index (χ3v) is 5.66. The third-order valence-electron chi connectivity index (χ3n) is 5.34. The SMILES string of the molecule is Cc1cccc(Cl)c1NC(=O)C[N+]1(Cc2ccccc2)CCCCCC1.[Y]. The van der Waals surface area contributed by atoms with Crippen LogP contribution in [0.1, 0.15) is 36.8 Å². The van der Waals surface area contributed by atoms with Gasteiger partial charge in [-0.15, -0.1) is 0 Å². The van der Waals surface area contributed by atoms with Crippen molar-refractivity contribution in [1.82, 2.24) is 0 Å². The third kappa shape index (κ3) is 6.39. The average molecular weight is 461 g/mol. The molecule has 0 bridgehead atoms. The van der Waals surface area contributed by atoms with E-state index >= 15 is 0 Å². The van der Waals surface area contributed by atoms with Gasteiger partial charge in [0.15, 0.2) is 6.54 Å². The van der Waals surface area contributed by atoms with Gasteiger partial charge in [0, 0.05) is 38.3 Å². The van der Waals surface area contributed by atoms with Crippen molar-refractivity contribution >= 4 is 23.2 Å². The minimum atomic E-state index is 0. The average Bonchev–Trinajstić information content (AvgIpc) is 2.85. The summed E-state index contributed by atoms with van der Waals surface area (Å²) in [5, 5.41) is 3.67. The van der Waals surface area contributed by atoms with Crippen molar-refractivity contribution in [3.05, 3.63) is 64.7 Å². The summed E-state index contributed by atoms with van der Waals surface area (Å²) in [6.45, 7) is 5.50. The van der Waals surface area contributed by atoms with E-state index in [1.165, 1.54) is 31.2 Å². The van der Waals surface area contributed by atoms with Gasteiger partial charge in [0.05, 0.1) is 23.8 Å². The zero-order chi connectivity index (χ0) is 18.4. The molecular weight excluding hydrogens is 433 g/mol. The van der Waals surface area contributed by atoms with Crippen LogP contribution in [0.3, 0.4) is 0 Å². The second-order valence-electron chi connectivity index (χ2n) is 7.48. The Bertz CT molecular complexity index is 723. The Morgan fingerprint density at radius 1 is 1.00 bits per heavy atom. The fraction of sp³-hybridized carbons (Fsp3) is 0.409. The molecule has 5 heteroatoms. The van der Waals surface area contributed by atoms with Gasteiger partial charge in [-0.3, -0.25) is 4.79 Å². The molecule has 0 unspecified atom stereocenters. The second kappa shape index (κ2) is 10.7. The number of nitrogens with zero attached hydrogens (tertiary/aromatic N) is 1. The summed E-state index contributed by atoms with van der Waals surface area (Å²) in [4.78, 5) is 12.9. The fourth-order valence-electron chi connectivity index (χ4n) is 3.98. The van der Waals surface area contributed by atoms with Gasteiger partial charge in [-0.2, -0.15) is 0 Å². The van der Waals surface area contributed by atoms with Crippen molar-refractivity contribution in [2.45, 2.75) is 39.2 Å². The van der Waals surface area contributed by atoms with Crippen LogP contribution in [0.4, 0.5) is 5.69 Å². The molecule has 1 radical (unpaired) electrons. The summed E-state index contributed by atoms with van der Waals surface area (Å²) in [5.41, 5.74) is 3.04. The molecule has 1 amide bonds. The molecule has 2 aromatic rings. The van der Waals surface area contributed by atoms with Crippen molar-refractivity contribution in [1.29, 1.82) is 0 Å². The number of carbonyl (C=O) groups is 1. The predicted molar refractivity (Wildman–Crippen MR) is 108 cm³/mol. The van der Waals surface area contributed by atoms with Gasteiger partial charge < -0.3 is 9.80 Å². The topological polar surface area (TPSA) is 29.1 Å². The molecule has 0 aromatic heterocycles. The molecule has 0 atom stereocenters. The number of benzene rings is 2. The quantitative estimate of drug-likeness (QED) is 0.612. The summed E-state index contributed by atoms with van der Waals surface area (Å²) >= 11 is 6.29. The van der Waals surface area contributed by atoms with Crippen LogP contribution >= 0.6 is 11.6 Å². The summed E-state index contributed by atoms with van der Waals surface area (Å²) in [5.74, 6) is 0.0547. The summed E-state index contributed by atoms with van der Waals surface area (Å²) in [6.07, 6.45) is 4.90. The van der Waals surface area contributed by atoms with Crippen molar-refractivity contribution in [2.24, 2.45) is 0 Å². The Morgan fingerprint density at radius 3 is 2.30 bits per heavy atom. The number of hydrogen-bond donors (Lipinski definition) is 1. The standard InChI is InChI=1S/C22H27ClN2O.Y/c1-18-10-9-13-20(23)22(18)24-21(26)17-25(14-7-2-3-8-15-25)16-19-11-5-4-6-12-19;/h4-6,9-13H,2-3,7-8,14-17H2,1H3;/p+1. The van der Waals surface area contributed by atoms with E-state index in [1.807, 2.05) is 31.2 Å². The molecule has 1 saturated heterocycles. The Morgan fingerprint density at radius 2 is 1.67 bits per heavy atom. The molecule has 1 aliphatic heterocycles. The monoisotopic (exact) mass is 460 g/mol. The van der Waals surface area contributed by atoms with Gasteiger partial charge in [-0.25, -0.2) is 0 Å². The van der Waals surface area contributed by atoms with Gasteiger partial charge in [-0.05, 0) is 44.2 Å². The minimum absolute atomic E-state index is 0. The smallest absolute Gasteiger partial charge is 0.279 e. The maximum Gasteiger partial charge on any atom is 0.279 e. The molecule has 0 aliphatic carbocycles. The van der Waals surface area contributed by atoms with Crippen LogP contribution in [-0.2, 0) is 44.0 Å². The molecule has 27 heavy (non-hydrogen) atoms. The number of amides is 1. The zero-order valence-corrected chi connectivity index (χ0v) is 19.7. The van der Waals surface area contributed by atoms with Crippen LogP contribution in [0.15, 0.2) is 48.5 Å². The Hall–Kier alpha value is -0.736. The van der Waals surface area contributed by atoms with Gasteiger partial charge in [-0.1, -0.05) is 54.1 Å². The fourth-order valence-corrected chi connectivity index (χ4v) is 4.25. The molecule has 2 aromatic carbocycles. The molecule has 0 saturated carbocycles. The van der Waals surface area contributed by atoms with E-state index < -0.39 is 0 Å². The largest absolute Gasteiger partial charge is 0.320 e. The van der Waals surface area contributed by atoms with Crippen molar-refractivity contribution in [2.75, 3.05) is 25.0 Å². The molecule has 1 heterocycles. The summed E-state index contributed by atoms with van der Waals surface area (Å²) in [6, 6.07) is 16.2. The van der Waals surface area contributed by atoms with Crippen molar-refractivity contribution in [3.63, 3.8) is 0 Å². The summed E-state index contributed by atoms with van der Waals surface area (Å²) in [7, 11) is 0. The van der Waals surface area contributed by atoms with Crippen LogP contribution in [0.2, 0.25) is 5.02 Å². The van der Waals surface area contributed by atoms with Gasteiger partial charge in [0.25, 0.3) is 5.91 Å².